The average Bonchev–Trinajstić information content (AvgIpc) is 2.70. The molecule has 0 saturated carbocycles. The molecule has 13 nitrogen and oxygen atoms in total. The third-order valence-electron chi connectivity index (χ3n) is 3.82. The molecule has 172 valence electrons. The van der Waals surface area contributed by atoms with Crippen molar-refractivity contribution in [2.24, 2.45) is 22.2 Å². The summed E-state index contributed by atoms with van der Waals surface area (Å²) in [6.07, 6.45) is 2.39. The van der Waals surface area contributed by atoms with E-state index in [1.807, 2.05) is 0 Å². The van der Waals surface area contributed by atoms with Gasteiger partial charge in [-0.05, 0) is 31.3 Å². The molecule has 0 aromatic carbocycles. The predicted molar refractivity (Wildman–Crippen MR) is 112 cm³/mol. The number of aliphatic imine (C=N–C) groups is 1. The summed E-state index contributed by atoms with van der Waals surface area (Å²) in [6, 6.07) is -3.58. The second kappa shape index (κ2) is 15.3. The molecule has 11 N–H and O–H groups in total. The van der Waals surface area contributed by atoms with Crippen LogP contribution in [0.5, 0.6) is 0 Å². The highest BCUT2D eigenvalue weighted by atomic mass is 32.2. The Hall–Kier alpha value is -2.58. The van der Waals surface area contributed by atoms with Crippen LogP contribution < -0.4 is 33.2 Å². The molecule has 0 aromatic heterocycles. The van der Waals surface area contributed by atoms with Gasteiger partial charge in [0.15, 0.2) is 5.96 Å². The summed E-state index contributed by atoms with van der Waals surface area (Å²) in [4.78, 5) is 51.6. The average molecular weight is 450 g/mol. The van der Waals surface area contributed by atoms with Crippen molar-refractivity contribution in [2.45, 2.75) is 37.4 Å². The number of carbonyl (C=O) groups excluding carboxylic acids is 3. The zero-order chi connectivity index (χ0) is 23.1. The third-order valence-corrected chi connectivity index (χ3v) is 4.47. The van der Waals surface area contributed by atoms with E-state index in [0.29, 0.717) is 12.2 Å². The number of nitrogens with two attached hydrogens (primary N) is 3. The highest BCUT2D eigenvalue weighted by Gasteiger charge is 2.28. The lowest BCUT2D eigenvalue weighted by molar-refractivity contribution is -0.142. The topological polar surface area (TPSA) is 235 Å². The van der Waals surface area contributed by atoms with Gasteiger partial charge in [0.05, 0.1) is 13.2 Å². The fourth-order valence-electron chi connectivity index (χ4n) is 2.26. The largest absolute Gasteiger partial charge is 0.480 e. The van der Waals surface area contributed by atoms with E-state index in [4.69, 9.17) is 17.2 Å². The van der Waals surface area contributed by atoms with Crippen molar-refractivity contribution in [1.82, 2.24) is 16.0 Å². The molecule has 3 amide bonds. The Morgan fingerprint density at radius 1 is 1.00 bits per heavy atom. The molecule has 0 heterocycles. The Balaban J connectivity index is 5.24. The van der Waals surface area contributed by atoms with E-state index in [1.165, 1.54) is 11.8 Å². The van der Waals surface area contributed by atoms with Crippen LogP contribution in [0.1, 0.15) is 19.3 Å². The predicted octanol–water partition coefficient (Wildman–Crippen LogP) is -3.72. The molecule has 0 spiro atoms. The number of rotatable bonds is 15. The molecule has 0 aliphatic carbocycles. The summed E-state index contributed by atoms with van der Waals surface area (Å²) in [6.45, 7) is -0.919. The second-order valence-corrected chi connectivity index (χ2v) is 7.18. The summed E-state index contributed by atoms with van der Waals surface area (Å²) < 4.78 is 0. The van der Waals surface area contributed by atoms with Crippen LogP contribution in [0.4, 0.5) is 0 Å². The molecule has 0 saturated heterocycles. The lowest BCUT2D eigenvalue weighted by Gasteiger charge is -2.23. The SMILES string of the molecule is CSCCC(NC(=O)C(CCCN=C(N)N)NC(=O)C(CO)NC(=O)CN)C(=O)O. The van der Waals surface area contributed by atoms with Crippen LogP contribution in [0.25, 0.3) is 0 Å². The Kier molecular flexibility index (Phi) is 14.0. The van der Waals surface area contributed by atoms with E-state index >= 15 is 0 Å². The maximum Gasteiger partial charge on any atom is 0.326 e. The molecule has 0 bridgehead atoms. The van der Waals surface area contributed by atoms with Crippen molar-refractivity contribution in [3.05, 3.63) is 0 Å². The van der Waals surface area contributed by atoms with Crippen LogP contribution in [0.2, 0.25) is 0 Å². The smallest absolute Gasteiger partial charge is 0.326 e. The van der Waals surface area contributed by atoms with Gasteiger partial charge in [0.2, 0.25) is 17.7 Å². The van der Waals surface area contributed by atoms with Crippen molar-refractivity contribution < 1.29 is 29.4 Å². The zero-order valence-electron chi connectivity index (χ0n) is 16.8. The normalized spacial score (nSPS) is 13.4. The Morgan fingerprint density at radius 2 is 1.60 bits per heavy atom. The Labute approximate surface area is 178 Å². The molecule has 0 rings (SSSR count). The van der Waals surface area contributed by atoms with Gasteiger partial charge in [-0.3, -0.25) is 19.4 Å². The summed E-state index contributed by atoms with van der Waals surface area (Å²) in [5.41, 5.74) is 15.7. The Bertz CT molecular complexity index is 615. The molecular formula is C16H31N7O6S. The van der Waals surface area contributed by atoms with E-state index < -0.39 is 48.4 Å². The van der Waals surface area contributed by atoms with Gasteiger partial charge in [0.1, 0.15) is 18.1 Å². The lowest BCUT2D eigenvalue weighted by Crippen LogP contribution is -2.57. The van der Waals surface area contributed by atoms with Gasteiger partial charge in [-0.15, -0.1) is 0 Å². The van der Waals surface area contributed by atoms with Crippen molar-refractivity contribution in [3.63, 3.8) is 0 Å². The first-order valence-corrected chi connectivity index (χ1v) is 10.5. The van der Waals surface area contributed by atoms with Gasteiger partial charge in [0.25, 0.3) is 0 Å². The number of aliphatic hydroxyl groups is 1. The highest BCUT2D eigenvalue weighted by molar-refractivity contribution is 7.98. The molecule has 30 heavy (non-hydrogen) atoms. The summed E-state index contributed by atoms with van der Waals surface area (Å²) in [5.74, 6) is -3.03. The minimum Gasteiger partial charge on any atom is -0.480 e. The number of aliphatic hydroxyl groups excluding tert-OH is 1. The maximum atomic E-state index is 12.6. The number of carbonyl (C=O) groups is 4. The van der Waals surface area contributed by atoms with Gasteiger partial charge in [-0.2, -0.15) is 11.8 Å². The van der Waals surface area contributed by atoms with Crippen molar-refractivity contribution in [1.29, 1.82) is 0 Å². The number of aliphatic carboxylic acids is 1. The molecule has 0 aliphatic rings. The molecule has 3 unspecified atom stereocenters. The number of nitrogens with zero attached hydrogens (tertiary/aromatic N) is 1. The van der Waals surface area contributed by atoms with E-state index in [0.717, 1.165) is 0 Å². The molecular weight excluding hydrogens is 418 g/mol. The van der Waals surface area contributed by atoms with Crippen LogP contribution in [0, 0.1) is 0 Å². The third kappa shape index (κ3) is 11.4. The number of hydrogen-bond donors (Lipinski definition) is 8. The molecule has 14 heteroatoms. The van der Waals surface area contributed by atoms with Crippen LogP contribution in [-0.2, 0) is 19.2 Å². The number of guanidine groups is 1. The van der Waals surface area contributed by atoms with E-state index in [1.54, 1.807) is 6.26 Å². The van der Waals surface area contributed by atoms with Crippen molar-refractivity contribution in [2.75, 3.05) is 31.7 Å². The quantitative estimate of drug-likeness (QED) is 0.0691. The summed E-state index contributed by atoms with van der Waals surface area (Å²) in [5, 5.41) is 25.7. The highest BCUT2D eigenvalue weighted by Crippen LogP contribution is 2.05. The van der Waals surface area contributed by atoms with Gasteiger partial charge in [0, 0.05) is 6.54 Å². The number of carboxylic acids is 1. The van der Waals surface area contributed by atoms with Gasteiger partial charge >= 0.3 is 5.97 Å². The monoisotopic (exact) mass is 449 g/mol. The van der Waals surface area contributed by atoms with Gasteiger partial charge in [-0.1, -0.05) is 0 Å². The minimum absolute atomic E-state index is 0.0895. The van der Waals surface area contributed by atoms with Crippen LogP contribution in [-0.4, -0.2) is 89.7 Å². The number of amides is 3. The second-order valence-electron chi connectivity index (χ2n) is 6.20. The molecule has 0 radical (unpaired) electrons. The first-order chi connectivity index (χ1) is 14.2. The standard InChI is InChI=1S/C16H31N7O6S/c1-30-6-4-10(15(28)29)23-13(26)9(3-2-5-20-16(18)19)22-14(27)11(8-24)21-12(25)7-17/h9-11,24H,2-8,17H2,1H3,(H,21,25)(H,22,27)(H,23,26)(H,28,29)(H4,18,19,20). The van der Waals surface area contributed by atoms with Crippen molar-refractivity contribution >= 4 is 41.4 Å². The molecule has 3 atom stereocenters. The molecule has 0 fully saturated rings. The minimum atomic E-state index is -1.32. The number of nitrogens with one attached hydrogen (secondary N) is 3. The van der Waals surface area contributed by atoms with Gasteiger partial charge < -0.3 is 43.4 Å². The molecule has 0 aliphatic heterocycles. The Morgan fingerprint density at radius 3 is 2.10 bits per heavy atom. The molecule has 0 aromatic rings. The van der Waals surface area contributed by atoms with Crippen LogP contribution in [0.3, 0.4) is 0 Å². The summed E-state index contributed by atoms with van der Waals surface area (Å²) >= 11 is 1.43. The fourth-order valence-corrected chi connectivity index (χ4v) is 2.73. The maximum absolute atomic E-state index is 12.6. The summed E-state index contributed by atoms with van der Waals surface area (Å²) in [7, 11) is 0. The zero-order valence-corrected chi connectivity index (χ0v) is 17.6. The van der Waals surface area contributed by atoms with E-state index in [2.05, 4.69) is 20.9 Å². The fraction of sp³-hybridized carbons (Fsp3) is 0.688. The first-order valence-electron chi connectivity index (χ1n) is 9.14. The van der Waals surface area contributed by atoms with Crippen LogP contribution >= 0.6 is 11.8 Å². The van der Waals surface area contributed by atoms with Crippen LogP contribution in [0.15, 0.2) is 4.99 Å². The van der Waals surface area contributed by atoms with Crippen molar-refractivity contribution in [3.8, 4) is 0 Å². The lowest BCUT2D eigenvalue weighted by atomic mass is 10.1. The van der Waals surface area contributed by atoms with E-state index in [9.17, 15) is 29.4 Å². The number of thioether (sulfide) groups is 1. The first kappa shape index (κ1) is 27.4. The van der Waals surface area contributed by atoms with Gasteiger partial charge in [-0.25, -0.2) is 4.79 Å². The number of carboxylic acid groups (broad SMARTS) is 1. The van der Waals surface area contributed by atoms with E-state index in [-0.39, 0.29) is 31.9 Å². The number of hydrogen-bond acceptors (Lipinski definition) is 8.